The highest BCUT2D eigenvalue weighted by atomic mass is 32.1. The van der Waals surface area contributed by atoms with Gasteiger partial charge in [-0.2, -0.15) is 0 Å². The Hall–Kier alpha value is -1.85. The zero-order chi connectivity index (χ0) is 15.2. The maximum absolute atomic E-state index is 13.5. The molecule has 0 bridgehead atoms. The molecule has 0 saturated carbocycles. The van der Waals surface area contributed by atoms with Crippen LogP contribution in [0, 0.1) is 5.82 Å². The molecular weight excluding hydrogens is 285 g/mol. The number of hydrogen-bond acceptors (Lipinski definition) is 3. The van der Waals surface area contributed by atoms with Crippen molar-refractivity contribution in [2.24, 2.45) is 5.73 Å². The van der Waals surface area contributed by atoms with Crippen molar-refractivity contribution in [1.82, 2.24) is 9.88 Å². The van der Waals surface area contributed by atoms with Crippen LogP contribution in [0.1, 0.15) is 16.8 Å². The van der Waals surface area contributed by atoms with Crippen LogP contribution in [-0.2, 0) is 13.0 Å². The molecule has 0 fully saturated rings. The lowest BCUT2D eigenvalue weighted by Gasteiger charge is -2.17. The van der Waals surface area contributed by atoms with E-state index in [1.807, 2.05) is 31.3 Å². The largest absolute Gasteiger partial charge is 0.389 e. The zero-order valence-electron chi connectivity index (χ0n) is 11.9. The number of halogens is 1. The first-order valence-electron chi connectivity index (χ1n) is 6.72. The van der Waals surface area contributed by atoms with Crippen LogP contribution in [-0.4, -0.2) is 28.5 Å². The Kier molecular flexibility index (Phi) is 5.36. The third-order valence-electron chi connectivity index (χ3n) is 3.17. The van der Waals surface area contributed by atoms with Crippen molar-refractivity contribution in [1.29, 1.82) is 0 Å². The van der Waals surface area contributed by atoms with E-state index in [4.69, 9.17) is 18.0 Å². The number of likely N-dealkylation sites (N-methyl/N-ethyl adjacent to an activating group) is 1. The number of nitrogens with two attached hydrogens (primary N) is 1. The summed E-state index contributed by atoms with van der Waals surface area (Å²) in [5, 5.41) is 0. The summed E-state index contributed by atoms with van der Waals surface area (Å²) in [7, 11) is 1.99. The smallest absolute Gasteiger partial charge is 0.124 e. The highest BCUT2D eigenvalue weighted by molar-refractivity contribution is 7.80. The van der Waals surface area contributed by atoms with Gasteiger partial charge < -0.3 is 10.6 Å². The van der Waals surface area contributed by atoms with Crippen LogP contribution < -0.4 is 5.73 Å². The minimum absolute atomic E-state index is 0.215. The lowest BCUT2D eigenvalue weighted by Crippen LogP contribution is -2.21. The summed E-state index contributed by atoms with van der Waals surface area (Å²) in [5.74, 6) is -0.312. The van der Waals surface area contributed by atoms with Crippen molar-refractivity contribution in [2.45, 2.75) is 13.0 Å². The monoisotopic (exact) mass is 303 g/mol. The molecule has 0 radical (unpaired) electrons. The predicted molar refractivity (Wildman–Crippen MR) is 86.6 cm³/mol. The number of hydrogen-bond donors (Lipinski definition) is 1. The van der Waals surface area contributed by atoms with Crippen LogP contribution in [0.15, 0.2) is 42.6 Å². The third-order valence-corrected chi connectivity index (χ3v) is 3.41. The molecule has 0 aliphatic heterocycles. The van der Waals surface area contributed by atoms with Gasteiger partial charge in [0.2, 0.25) is 0 Å². The van der Waals surface area contributed by atoms with Crippen LogP contribution in [0.3, 0.4) is 0 Å². The molecule has 0 aliphatic rings. The van der Waals surface area contributed by atoms with E-state index in [9.17, 15) is 4.39 Å². The number of rotatable bonds is 6. The molecule has 2 rings (SSSR count). The summed E-state index contributed by atoms with van der Waals surface area (Å²) >= 11 is 4.90. The van der Waals surface area contributed by atoms with E-state index in [0.717, 1.165) is 24.2 Å². The molecule has 0 aliphatic carbocycles. The molecule has 0 saturated heterocycles. The van der Waals surface area contributed by atoms with Gasteiger partial charge in [0.15, 0.2) is 0 Å². The standard InChI is InChI=1S/C16H18FN3S/c1-20(7-5-15-4-2-3-6-19-15)11-12-8-13(16(18)21)10-14(17)9-12/h2-4,6,8-10H,5,7,11H2,1H3,(H2,18,21). The lowest BCUT2D eigenvalue weighted by atomic mass is 10.1. The topological polar surface area (TPSA) is 42.2 Å². The Morgan fingerprint density at radius 1 is 1.33 bits per heavy atom. The number of thiocarbonyl (C=S) groups is 1. The van der Waals surface area contributed by atoms with Crippen molar-refractivity contribution in [3.05, 3.63) is 65.2 Å². The molecule has 2 aromatic rings. The van der Waals surface area contributed by atoms with E-state index in [1.54, 1.807) is 6.20 Å². The molecule has 2 N–H and O–H groups in total. The molecule has 1 aromatic heterocycles. The summed E-state index contributed by atoms with van der Waals surface area (Å²) in [5.41, 5.74) is 8.04. The van der Waals surface area contributed by atoms with Gasteiger partial charge in [-0.1, -0.05) is 18.3 Å². The van der Waals surface area contributed by atoms with Gasteiger partial charge in [0.25, 0.3) is 0 Å². The van der Waals surface area contributed by atoms with Gasteiger partial charge in [-0.3, -0.25) is 4.98 Å². The predicted octanol–water partition coefficient (Wildman–Crippen LogP) is 2.53. The van der Waals surface area contributed by atoms with E-state index < -0.39 is 0 Å². The quantitative estimate of drug-likeness (QED) is 0.833. The van der Waals surface area contributed by atoms with E-state index in [1.165, 1.54) is 12.1 Å². The SMILES string of the molecule is CN(CCc1ccccn1)Cc1cc(F)cc(C(N)=S)c1. The van der Waals surface area contributed by atoms with Crippen molar-refractivity contribution < 1.29 is 4.39 Å². The Labute approximate surface area is 129 Å². The minimum atomic E-state index is -0.312. The Balaban J connectivity index is 1.96. The summed E-state index contributed by atoms with van der Waals surface area (Å²) < 4.78 is 13.5. The fourth-order valence-corrected chi connectivity index (χ4v) is 2.24. The Morgan fingerprint density at radius 2 is 2.14 bits per heavy atom. The maximum atomic E-state index is 13.5. The van der Waals surface area contributed by atoms with E-state index >= 15 is 0 Å². The molecule has 1 aromatic carbocycles. The number of pyridine rings is 1. The first kappa shape index (κ1) is 15.5. The average molecular weight is 303 g/mol. The highest BCUT2D eigenvalue weighted by Gasteiger charge is 2.06. The summed E-state index contributed by atoms with van der Waals surface area (Å²) in [4.78, 5) is 6.62. The van der Waals surface area contributed by atoms with Crippen LogP contribution in [0.25, 0.3) is 0 Å². The second kappa shape index (κ2) is 7.24. The number of benzene rings is 1. The highest BCUT2D eigenvalue weighted by Crippen LogP contribution is 2.11. The summed E-state index contributed by atoms with van der Waals surface area (Å²) in [6.45, 7) is 1.48. The molecule has 3 nitrogen and oxygen atoms in total. The lowest BCUT2D eigenvalue weighted by molar-refractivity contribution is 0.329. The average Bonchev–Trinajstić information content (AvgIpc) is 2.45. The molecule has 0 unspecified atom stereocenters. The van der Waals surface area contributed by atoms with Crippen molar-refractivity contribution >= 4 is 17.2 Å². The normalized spacial score (nSPS) is 10.8. The molecule has 5 heteroatoms. The first-order valence-corrected chi connectivity index (χ1v) is 7.13. The first-order chi connectivity index (χ1) is 10.0. The van der Waals surface area contributed by atoms with Gasteiger partial charge in [0, 0.05) is 37.0 Å². The Bertz CT molecular complexity index is 616. The second-order valence-electron chi connectivity index (χ2n) is 5.02. The van der Waals surface area contributed by atoms with E-state index in [-0.39, 0.29) is 10.8 Å². The Morgan fingerprint density at radius 3 is 2.81 bits per heavy atom. The van der Waals surface area contributed by atoms with Crippen LogP contribution >= 0.6 is 12.2 Å². The molecule has 21 heavy (non-hydrogen) atoms. The van der Waals surface area contributed by atoms with Gasteiger partial charge >= 0.3 is 0 Å². The van der Waals surface area contributed by atoms with Gasteiger partial charge in [-0.25, -0.2) is 4.39 Å². The molecule has 1 heterocycles. The fourth-order valence-electron chi connectivity index (χ4n) is 2.13. The van der Waals surface area contributed by atoms with E-state index in [2.05, 4.69) is 9.88 Å². The minimum Gasteiger partial charge on any atom is -0.389 e. The number of nitrogens with zero attached hydrogens (tertiary/aromatic N) is 2. The zero-order valence-corrected chi connectivity index (χ0v) is 12.7. The van der Waals surface area contributed by atoms with Crippen molar-refractivity contribution in [3.63, 3.8) is 0 Å². The molecular formula is C16H18FN3S. The van der Waals surface area contributed by atoms with Crippen molar-refractivity contribution in [2.75, 3.05) is 13.6 Å². The van der Waals surface area contributed by atoms with Crippen molar-refractivity contribution in [3.8, 4) is 0 Å². The van der Waals surface area contributed by atoms with Crippen LogP contribution in [0.2, 0.25) is 0 Å². The van der Waals surface area contributed by atoms with E-state index in [0.29, 0.717) is 12.1 Å². The molecule has 110 valence electrons. The van der Waals surface area contributed by atoms with Crippen LogP contribution in [0.4, 0.5) is 4.39 Å². The third kappa shape index (κ3) is 4.88. The number of aromatic nitrogens is 1. The van der Waals surface area contributed by atoms with Crippen LogP contribution in [0.5, 0.6) is 0 Å². The molecule has 0 amide bonds. The second-order valence-corrected chi connectivity index (χ2v) is 5.46. The summed E-state index contributed by atoms with van der Waals surface area (Å²) in [6.07, 6.45) is 2.64. The van der Waals surface area contributed by atoms with Gasteiger partial charge in [-0.15, -0.1) is 0 Å². The van der Waals surface area contributed by atoms with Gasteiger partial charge in [0.05, 0.1) is 0 Å². The van der Waals surface area contributed by atoms with Gasteiger partial charge in [0.1, 0.15) is 10.8 Å². The molecule has 0 spiro atoms. The molecule has 0 atom stereocenters. The summed E-state index contributed by atoms with van der Waals surface area (Å²) in [6, 6.07) is 10.6. The maximum Gasteiger partial charge on any atom is 0.124 e. The fraction of sp³-hybridized carbons (Fsp3) is 0.250. The van der Waals surface area contributed by atoms with Gasteiger partial charge in [-0.05, 0) is 42.9 Å².